The van der Waals surface area contributed by atoms with Gasteiger partial charge in [0.1, 0.15) is 0 Å². The van der Waals surface area contributed by atoms with Crippen LogP contribution >= 0.6 is 0 Å². The van der Waals surface area contributed by atoms with Crippen molar-refractivity contribution >= 4 is 5.91 Å². The van der Waals surface area contributed by atoms with Gasteiger partial charge in [0, 0.05) is 18.7 Å². The summed E-state index contributed by atoms with van der Waals surface area (Å²) < 4.78 is 5.55. The minimum absolute atomic E-state index is 0.0464. The first-order valence-corrected chi connectivity index (χ1v) is 7.65. The zero-order valence-electron chi connectivity index (χ0n) is 13.1. The van der Waals surface area contributed by atoms with Gasteiger partial charge in [-0.25, -0.2) is 0 Å². The number of nitrogens with zero attached hydrogens (tertiary/aromatic N) is 1. The number of benzene rings is 1. The Balaban J connectivity index is 1.96. The molecule has 2 rings (SSSR count). The molecule has 116 valence electrons. The van der Waals surface area contributed by atoms with Crippen LogP contribution in [0.15, 0.2) is 24.3 Å². The highest BCUT2D eigenvalue weighted by atomic mass is 16.5. The van der Waals surface area contributed by atoms with Gasteiger partial charge in [0.2, 0.25) is 0 Å². The summed E-state index contributed by atoms with van der Waals surface area (Å²) in [6, 6.07) is 7.60. The van der Waals surface area contributed by atoms with E-state index in [4.69, 9.17) is 4.74 Å². The monoisotopic (exact) mass is 291 g/mol. The molecule has 0 saturated carbocycles. The zero-order chi connectivity index (χ0) is 15.4. The number of aliphatic hydroxyl groups is 1. The van der Waals surface area contributed by atoms with Gasteiger partial charge in [-0.15, -0.1) is 0 Å². The second kappa shape index (κ2) is 7.05. The summed E-state index contributed by atoms with van der Waals surface area (Å²) in [5.74, 6) is 0.187. The third kappa shape index (κ3) is 4.29. The average Bonchev–Trinajstić information content (AvgIpc) is 2.48. The molecule has 0 aliphatic carbocycles. The second-order valence-corrected chi connectivity index (χ2v) is 6.14. The SMILES string of the molecule is CC(C)OCc1ccc(C(=O)N2CCC(O)C(C)C2)cc1. The van der Waals surface area contributed by atoms with Crippen LogP contribution in [-0.2, 0) is 11.3 Å². The number of ether oxygens (including phenoxy) is 1. The highest BCUT2D eigenvalue weighted by molar-refractivity contribution is 5.94. The van der Waals surface area contributed by atoms with Crippen LogP contribution < -0.4 is 0 Å². The van der Waals surface area contributed by atoms with Gasteiger partial charge in [-0.2, -0.15) is 0 Å². The highest BCUT2D eigenvalue weighted by Gasteiger charge is 2.27. The predicted molar refractivity (Wildman–Crippen MR) is 82.1 cm³/mol. The molecule has 0 spiro atoms. The maximum Gasteiger partial charge on any atom is 0.253 e. The Morgan fingerprint density at radius 2 is 2.05 bits per heavy atom. The molecule has 1 saturated heterocycles. The number of aliphatic hydroxyl groups excluding tert-OH is 1. The molecule has 0 aromatic heterocycles. The molecule has 1 fully saturated rings. The third-order valence-electron chi connectivity index (χ3n) is 3.93. The maximum atomic E-state index is 12.4. The fraction of sp³-hybridized carbons (Fsp3) is 0.588. The molecule has 21 heavy (non-hydrogen) atoms. The molecule has 0 radical (unpaired) electrons. The van der Waals surface area contributed by atoms with E-state index in [2.05, 4.69) is 0 Å². The van der Waals surface area contributed by atoms with Crippen molar-refractivity contribution in [2.24, 2.45) is 5.92 Å². The van der Waals surface area contributed by atoms with Crippen molar-refractivity contribution in [3.63, 3.8) is 0 Å². The average molecular weight is 291 g/mol. The number of amides is 1. The van der Waals surface area contributed by atoms with Crippen LogP contribution in [0.1, 0.15) is 43.1 Å². The fourth-order valence-corrected chi connectivity index (χ4v) is 2.51. The molecule has 1 aliphatic rings. The fourth-order valence-electron chi connectivity index (χ4n) is 2.51. The predicted octanol–water partition coefficient (Wildman–Crippen LogP) is 2.45. The number of carbonyl (C=O) groups is 1. The lowest BCUT2D eigenvalue weighted by atomic mass is 9.96. The first-order valence-electron chi connectivity index (χ1n) is 7.65. The van der Waals surface area contributed by atoms with E-state index in [0.29, 0.717) is 31.7 Å². The van der Waals surface area contributed by atoms with Crippen molar-refractivity contribution in [3.8, 4) is 0 Å². The largest absolute Gasteiger partial charge is 0.393 e. The summed E-state index contributed by atoms with van der Waals surface area (Å²) >= 11 is 0. The van der Waals surface area contributed by atoms with E-state index in [1.54, 1.807) is 0 Å². The summed E-state index contributed by atoms with van der Waals surface area (Å²) in [6.45, 7) is 7.81. The number of carbonyl (C=O) groups excluding carboxylic acids is 1. The van der Waals surface area contributed by atoms with Gasteiger partial charge >= 0.3 is 0 Å². The molecule has 1 aromatic carbocycles. The lowest BCUT2D eigenvalue weighted by Gasteiger charge is -2.34. The van der Waals surface area contributed by atoms with E-state index in [1.165, 1.54) is 0 Å². The van der Waals surface area contributed by atoms with Crippen LogP contribution in [0.5, 0.6) is 0 Å². The molecule has 1 amide bonds. The number of rotatable bonds is 4. The second-order valence-electron chi connectivity index (χ2n) is 6.14. The Labute approximate surface area is 126 Å². The maximum absolute atomic E-state index is 12.4. The number of likely N-dealkylation sites (tertiary alicyclic amines) is 1. The van der Waals surface area contributed by atoms with Crippen LogP contribution in [0.2, 0.25) is 0 Å². The zero-order valence-corrected chi connectivity index (χ0v) is 13.1. The topological polar surface area (TPSA) is 49.8 Å². The van der Waals surface area contributed by atoms with Gasteiger partial charge in [-0.1, -0.05) is 19.1 Å². The standard InChI is InChI=1S/C17H25NO3/c1-12(2)21-11-14-4-6-15(7-5-14)17(20)18-9-8-16(19)13(3)10-18/h4-7,12-13,16,19H,8-11H2,1-3H3. The van der Waals surface area contributed by atoms with Crippen molar-refractivity contribution in [3.05, 3.63) is 35.4 Å². The molecule has 1 aliphatic heterocycles. The van der Waals surface area contributed by atoms with E-state index in [-0.39, 0.29) is 24.0 Å². The van der Waals surface area contributed by atoms with Crippen LogP contribution in [0, 0.1) is 5.92 Å². The number of hydrogen-bond acceptors (Lipinski definition) is 3. The minimum atomic E-state index is -0.287. The Morgan fingerprint density at radius 3 is 2.62 bits per heavy atom. The first-order chi connectivity index (χ1) is 9.97. The van der Waals surface area contributed by atoms with Crippen LogP contribution in [-0.4, -0.2) is 41.2 Å². The van der Waals surface area contributed by atoms with Crippen molar-refractivity contribution < 1.29 is 14.6 Å². The third-order valence-corrected chi connectivity index (χ3v) is 3.93. The van der Waals surface area contributed by atoms with Crippen molar-refractivity contribution in [2.75, 3.05) is 13.1 Å². The summed E-state index contributed by atoms with van der Waals surface area (Å²) in [4.78, 5) is 14.3. The molecule has 4 nitrogen and oxygen atoms in total. The summed E-state index contributed by atoms with van der Waals surface area (Å²) in [5, 5.41) is 9.74. The van der Waals surface area contributed by atoms with Crippen LogP contribution in [0.3, 0.4) is 0 Å². The molecular weight excluding hydrogens is 266 g/mol. The smallest absolute Gasteiger partial charge is 0.253 e. The summed E-state index contributed by atoms with van der Waals surface area (Å²) in [6.07, 6.45) is 0.574. The van der Waals surface area contributed by atoms with E-state index >= 15 is 0 Å². The van der Waals surface area contributed by atoms with Gasteiger partial charge < -0.3 is 14.7 Å². The normalized spacial score (nSPS) is 22.6. The van der Waals surface area contributed by atoms with Crippen molar-refractivity contribution in [1.82, 2.24) is 4.90 Å². The van der Waals surface area contributed by atoms with Gasteiger partial charge in [-0.3, -0.25) is 4.79 Å². The number of hydrogen-bond donors (Lipinski definition) is 1. The van der Waals surface area contributed by atoms with E-state index < -0.39 is 0 Å². The van der Waals surface area contributed by atoms with Gasteiger partial charge in [0.05, 0.1) is 18.8 Å². The Bertz CT molecular complexity index is 469. The lowest BCUT2D eigenvalue weighted by Crippen LogP contribution is -2.44. The summed E-state index contributed by atoms with van der Waals surface area (Å²) in [7, 11) is 0. The minimum Gasteiger partial charge on any atom is -0.393 e. The number of piperidine rings is 1. The summed E-state index contributed by atoms with van der Waals surface area (Å²) in [5.41, 5.74) is 1.77. The van der Waals surface area contributed by atoms with E-state index in [0.717, 1.165) is 5.56 Å². The van der Waals surface area contributed by atoms with Crippen molar-refractivity contribution in [1.29, 1.82) is 0 Å². The molecular formula is C17H25NO3. The Hall–Kier alpha value is -1.39. The highest BCUT2D eigenvalue weighted by Crippen LogP contribution is 2.19. The van der Waals surface area contributed by atoms with Gasteiger partial charge in [0.15, 0.2) is 0 Å². The molecule has 2 unspecified atom stereocenters. The van der Waals surface area contributed by atoms with Gasteiger partial charge in [-0.05, 0) is 43.9 Å². The van der Waals surface area contributed by atoms with Gasteiger partial charge in [0.25, 0.3) is 5.91 Å². The molecule has 2 atom stereocenters. The van der Waals surface area contributed by atoms with Crippen LogP contribution in [0.25, 0.3) is 0 Å². The lowest BCUT2D eigenvalue weighted by molar-refractivity contribution is 0.0297. The molecule has 1 heterocycles. The first kappa shape index (κ1) is 16.0. The Morgan fingerprint density at radius 1 is 1.38 bits per heavy atom. The molecule has 1 N–H and O–H groups in total. The Kier molecular flexibility index (Phi) is 5.37. The molecule has 4 heteroatoms. The molecule has 0 bridgehead atoms. The van der Waals surface area contributed by atoms with E-state index in [9.17, 15) is 9.90 Å². The van der Waals surface area contributed by atoms with Crippen LogP contribution in [0.4, 0.5) is 0 Å². The quantitative estimate of drug-likeness (QED) is 0.927. The molecule has 1 aromatic rings. The van der Waals surface area contributed by atoms with Crippen molar-refractivity contribution in [2.45, 2.75) is 46.0 Å². The van der Waals surface area contributed by atoms with E-state index in [1.807, 2.05) is 49.9 Å².